The Morgan fingerprint density at radius 2 is 1.55 bits per heavy atom. The van der Waals surface area contributed by atoms with Crippen molar-refractivity contribution in [3.8, 4) is 0 Å². The summed E-state index contributed by atoms with van der Waals surface area (Å²) < 4.78 is 61.9. The zero-order chi connectivity index (χ0) is 23.7. The van der Waals surface area contributed by atoms with Crippen LogP contribution in [0.15, 0.2) is 5.16 Å². The molecule has 5 N–H and O–H groups in total. The van der Waals surface area contributed by atoms with Gasteiger partial charge in [0.1, 0.15) is 44.7 Å². The number of nitrogens with zero attached hydrogens (tertiary/aromatic N) is 1. The van der Waals surface area contributed by atoms with E-state index in [-0.39, 0.29) is 17.2 Å². The smallest absolute Gasteiger partial charge is 0.394 e. The standard InChI is InChI=1S/C16H31NO11S3/c1-30(22,23)9-7-5-3-2-4-6-8-12(17-28-31(24,25)26)29-16-15(21)14(20)13(19)11(10-18)27-16/h11,13-16,18-21H,2-10H2,1H3,(H,24,25,26)/b17-12+/t11-,13-,14+,15+,16+/m0/s1. The van der Waals surface area contributed by atoms with Crippen LogP contribution in [0.25, 0.3) is 0 Å². The highest BCUT2D eigenvalue weighted by atomic mass is 32.3. The number of unbranched alkanes of at least 4 members (excludes halogenated alkanes) is 5. The molecule has 0 amide bonds. The quantitative estimate of drug-likeness (QED) is 0.0697. The lowest BCUT2D eigenvalue weighted by atomic mass is 10.0. The highest BCUT2D eigenvalue weighted by molar-refractivity contribution is 8.14. The monoisotopic (exact) mass is 509 g/mol. The van der Waals surface area contributed by atoms with Crippen molar-refractivity contribution in [2.75, 3.05) is 18.6 Å². The summed E-state index contributed by atoms with van der Waals surface area (Å²) in [7, 11) is -7.82. The van der Waals surface area contributed by atoms with E-state index < -0.39 is 56.7 Å². The summed E-state index contributed by atoms with van der Waals surface area (Å²) in [5, 5.41) is 42.5. The Labute approximate surface area is 186 Å². The molecule has 0 unspecified atom stereocenters. The summed E-state index contributed by atoms with van der Waals surface area (Å²) in [6, 6.07) is 0. The lowest BCUT2D eigenvalue weighted by molar-refractivity contribution is -0.205. The highest BCUT2D eigenvalue weighted by Crippen LogP contribution is 2.30. The summed E-state index contributed by atoms with van der Waals surface area (Å²) in [6.45, 7) is -0.616. The number of aliphatic hydroxyl groups excluding tert-OH is 4. The molecule has 1 fully saturated rings. The van der Waals surface area contributed by atoms with Gasteiger partial charge in [-0.05, 0) is 19.3 Å². The largest absolute Gasteiger partial charge is 0.466 e. The molecule has 0 spiro atoms. The van der Waals surface area contributed by atoms with Gasteiger partial charge in [-0.2, -0.15) is 8.42 Å². The van der Waals surface area contributed by atoms with Gasteiger partial charge in [-0.15, -0.1) is 0 Å². The fourth-order valence-electron chi connectivity index (χ4n) is 2.86. The summed E-state index contributed by atoms with van der Waals surface area (Å²) >= 11 is 0.742. The van der Waals surface area contributed by atoms with Crippen molar-refractivity contribution < 1.29 is 50.8 Å². The number of hydrogen-bond acceptors (Lipinski definition) is 12. The zero-order valence-electron chi connectivity index (χ0n) is 17.1. The van der Waals surface area contributed by atoms with E-state index in [1.54, 1.807) is 0 Å². The maximum Gasteiger partial charge on any atom is 0.466 e. The van der Waals surface area contributed by atoms with Crippen LogP contribution in [-0.2, 0) is 29.3 Å². The number of ether oxygens (including phenoxy) is 1. The predicted octanol–water partition coefficient (Wildman–Crippen LogP) is -0.572. The Balaban J connectivity index is 2.58. The van der Waals surface area contributed by atoms with E-state index in [4.69, 9.17) is 9.29 Å². The van der Waals surface area contributed by atoms with Crippen molar-refractivity contribution >= 4 is 37.0 Å². The zero-order valence-corrected chi connectivity index (χ0v) is 19.6. The molecule has 1 heterocycles. The second-order valence-corrected chi connectivity index (χ2v) is 11.7. The second kappa shape index (κ2) is 13.3. The lowest BCUT2D eigenvalue weighted by Crippen LogP contribution is -2.57. The summed E-state index contributed by atoms with van der Waals surface area (Å²) in [4.78, 5) is 0. The van der Waals surface area contributed by atoms with E-state index in [0.29, 0.717) is 12.8 Å². The average Bonchev–Trinajstić information content (AvgIpc) is 2.66. The normalized spacial score (nSPS) is 27.9. The van der Waals surface area contributed by atoms with Crippen LogP contribution in [-0.4, -0.2) is 95.3 Å². The van der Waals surface area contributed by atoms with E-state index in [1.165, 1.54) is 6.26 Å². The van der Waals surface area contributed by atoms with Gasteiger partial charge >= 0.3 is 10.4 Å². The third-order valence-corrected chi connectivity index (χ3v) is 6.96. The van der Waals surface area contributed by atoms with Crippen LogP contribution >= 0.6 is 11.8 Å². The summed E-state index contributed by atoms with van der Waals surface area (Å²) in [6.07, 6.45) is -0.171. The first-order chi connectivity index (χ1) is 14.3. The first-order valence-corrected chi connectivity index (χ1v) is 14.0. The van der Waals surface area contributed by atoms with E-state index in [9.17, 15) is 37.3 Å². The molecule has 0 bridgehead atoms. The van der Waals surface area contributed by atoms with Gasteiger partial charge in [0.2, 0.25) is 0 Å². The van der Waals surface area contributed by atoms with Crippen LogP contribution in [0.4, 0.5) is 0 Å². The van der Waals surface area contributed by atoms with Gasteiger partial charge in [-0.1, -0.05) is 42.6 Å². The van der Waals surface area contributed by atoms with Crippen LogP contribution in [0.5, 0.6) is 0 Å². The topological polar surface area (TPSA) is 200 Å². The van der Waals surface area contributed by atoms with Crippen molar-refractivity contribution in [1.29, 1.82) is 0 Å². The van der Waals surface area contributed by atoms with Crippen LogP contribution < -0.4 is 0 Å². The van der Waals surface area contributed by atoms with E-state index in [1.807, 2.05) is 0 Å². The van der Waals surface area contributed by atoms with Gasteiger partial charge in [0.05, 0.1) is 6.61 Å². The van der Waals surface area contributed by atoms with Crippen molar-refractivity contribution in [3.05, 3.63) is 0 Å². The minimum Gasteiger partial charge on any atom is -0.394 e. The molecule has 0 aliphatic carbocycles. The molecule has 184 valence electrons. The SMILES string of the molecule is CS(=O)(=O)CCCCCCCC/C(=N\OS(=O)(=O)O)S[C@H]1O[C@@H](CO)[C@H](O)[C@@H](O)[C@H]1O. The van der Waals surface area contributed by atoms with Gasteiger partial charge in [-0.3, -0.25) is 4.55 Å². The van der Waals surface area contributed by atoms with Gasteiger partial charge in [0.15, 0.2) is 0 Å². The molecule has 0 aromatic carbocycles. The van der Waals surface area contributed by atoms with Crippen LogP contribution in [0.3, 0.4) is 0 Å². The van der Waals surface area contributed by atoms with Crippen LogP contribution in [0.2, 0.25) is 0 Å². The molecular formula is C16H31NO11S3. The molecule has 0 aromatic rings. The van der Waals surface area contributed by atoms with Crippen molar-refractivity contribution in [1.82, 2.24) is 0 Å². The number of sulfone groups is 1. The fourth-order valence-corrected chi connectivity index (χ4v) is 4.93. The molecule has 15 heteroatoms. The highest BCUT2D eigenvalue weighted by Gasteiger charge is 2.44. The molecule has 0 saturated carbocycles. The first-order valence-electron chi connectivity index (χ1n) is 9.72. The van der Waals surface area contributed by atoms with Crippen molar-refractivity contribution in [3.63, 3.8) is 0 Å². The Morgan fingerprint density at radius 3 is 2.10 bits per heavy atom. The Hall–Kier alpha value is -0.520. The minimum atomic E-state index is -4.85. The van der Waals surface area contributed by atoms with E-state index in [0.717, 1.165) is 37.4 Å². The molecule has 0 aromatic heterocycles. The third kappa shape index (κ3) is 11.8. The van der Waals surface area contributed by atoms with Crippen molar-refractivity contribution in [2.24, 2.45) is 5.16 Å². The van der Waals surface area contributed by atoms with Gasteiger partial charge in [0.25, 0.3) is 0 Å². The minimum absolute atomic E-state index is 0.0547. The Morgan fingerprint density at radius 1 is 0.968 bits per heavy atom. The Bertz CT molecular complexity index is 770. The number of aliphatic hydroxyl groups is 4. The van der Waals surface area contributed by atoms with E-state index >= 15 is 0 Å². The van der Waals surface area contributed by atoms with E-state index in [2.05, 4.69) is 9.44 Å². The molecule has 5 atom stereocenters. The maximum atomic E-state index is 11.1. The lowest BCUT2D eigenvalue weighted by Gasteiger charge is -2.39. The molecule has 1 saturated heterocycles. The molecule has 1 aliphatic rings. The molecule has 1 aliphatic heterocycles. The van der Waals surface area contributed by atoms with Crippen LogP contribution in [0, 0.1) is 0 Å². The van der Waals surface area contributed by atoms with Crippen LogP contribution in [0.1, 0.15) is 44.9 Å². The maximum absolute atomic E-state index is 11.1. The average molecular weight is 510 g/mol. The number of hydrogen-bond donors (Lipinski definition) is 5. The Kier molecular flexibility index (Phi) is 12.2. The molecule has 0 radical (unpaired) electrons. The van der Waals surface area contributed by atoms with Gasteiger partial charge < -0.3 is 25.2 Å². The third-order valence-electron chi connectivity index (χ3n) is 4.49. The fraction of sp³-hybridized carbons (Fsp3) is 0.938. The summed E-state index contributed by atoms with van der Waals surface area (Å²) in [5.41, 5.74) is -1.17. The number of thioether (sulfide) groups is 1. The molecular weight excluding hydrogens is 478 g/mol. The van der Waals surface area contributed by atoms with Gasteiger partial charge in [-0.25, -0.2) is 12.7 Å². The number of rotatable bonds is 13. The number of oxime groups is 1. The first kappa shape index (κ1) is 28.5. The predicted molar refractivity (Wildman–Crippen MR) is 113 cm³/mol. The summed E-state index contributed by atoms with van der Waals surface area (Å²) in [5.74, 6) is 0.145. The molecule has 1 rings (SSSR count). The molecule has 12 nitrogen and oxygen atoms in total. The van der Waals surface area contributed by atoms with Gasteiger partial charge in [0, 0.05) is 12.0 Å². The molecule has 31 heavy (non-hydrogen) atoms. The second-order valence-electron chi connectivity index (χ2n) is 7.30. The van der Waals surface area contributed by atoms with Crippen molar-refractivity contribution in [2.45, 2.75) is 74.8 Å².